The van der Waals surface area contributed by atoms with Crippen LogP contribution in [0.4, 0.5) is 11.4 Å². The van der Waals surface area contributed by atoms with E-state index in [9.17, 15) is 9.59 Å². The predicted octanol–water partition coefficient (Wildman–Crippen LogP) is 3.36. The number of nitrogens with one attached hydrogen (secondary N) is 2. The first kappa shape index (κ1) is 17.4. The first-order chi connectivity index (χ1) is 12.1. The van der Waals surface area contributed by atoms with Gasteiger partial charge in [0.15, 0.2) is 0 Å². The van der Waals surface area contributed by atoms with Crippen LogP contribution in [0.1, 0.15) is 18.9 Å². The summed E-state index contributed by atoms with van der Waals surface area (Å²) in [6.45, 7) is 4.63. The van der Waals surface area contributed by atoms with E-state index < -0.39 is 5.25 Å². The highest BCUT2D eigenvalue weighted by Gasteiger charge is 2.29. The Bertz CT molecular complexity index is 776. The molecule has 0 saturated carbocycles. The maximum atomic E-state index is 12.4. The molecule has 5 nitrogen and oxygen atoms in total. The van der Waals surface area contributed by atoms with Crippen molar-refractivity contribution in [1.29, 1.82) is 0 Å². The van der Waals surface area contributed by atoms with Gasteiger partial charge in [-0.2, -0.15) is 0 Å². The van der Waals surface area contributed by atoms with E-state index in [1.165, 1.54) is 17.3 Å². The number of carbonyl (C=O) groups excluding carboxylic acids is 2. The van der Waals surface area contributed by atoms with Crippen LogP contribution in [0.5, 0.6) is 0 Å². The Hall–Kier alpha value is -2.47. The number of carbonyl (C=O) groups is 2. The van der Waals surface area contributed by atoms with E-state index in [1.54, 1.807) is 5.01 Å². The predicted molar refractivity (Wildman–Crippen MR) is 102 cm³/mol. The van der Waals surface area contributed by atoms with E-state index in [2.05, 4.69) is 10.7 Å². The fourth-order valence-corrected chi connectivity index (χ4v) is 3.75. The van der Waals surface area contributed by atoms with Crippen LogP contribution in [0.2, 0.25) is 0 Å². The van der Waals surface area contributed by atoms with Gasteiger partial charge < -0.3 is 5.32 Å². The number of aryl methyl sites for hydroxylation is 1. The van der Waals surface area contributed by atoms with E-state index >= 15 is 0 Å². The fraction of sp³-hybridized carbons (Fsp3) is 0.263. The first-order valence-electron chi connectivity index (χ1n) is 8.27. The van der Waals surface area contributed by atoms with Crippen molar-refractivity contribution in [3.05, 3.63) is 54.1 Å². The summed E-state index contributed by atoms with van der Waals surface area (Å²) in [4.78, 5) is 25.7. The summed E-state index contributed by atoms with van der Waals surface area (Å²) in [6.07, 6.45) is 0.132. The average Bonchev–Trinajstić information content (AvgIpc) is 2.61. The topological polar surface area (TPSA) is 61.4 Å². The minimum atomic E-state index is -0.424. The molecule has 0 fully saturated rings. The summed E-state index contributed by atoms with van der Waals surface area (Å²) in [5.74, 6) is -0.299. The Morgan fingerprint density at radius 2 is 1.92 bits per heavy atom. The van der Waals surface area contributed by atoms with Crippen LogP contribution in [0, 0.1) is 6.92 Å². The number of nitrogens with zero attached hydrogens (tertiary/aromatic N) is 1. The number of amides is 2. The highest BCUT2D eigenvalue weighted by molar-refractivity contribution is 8.01. The summed E-state index contributed by atoms with van der Waals surface area (Å²) >= 11 is 1.43. The van der Waals surface area contributed by atoms with Crippen LogP contribution in [0.3, 0.4) is 0 Å². The molecule has 0 saturated heterocycles. The van der Waals surface area contributed by atoms with Crippen molar-refractivity contribution in [2.75, 3.05) is 16.9 Å². The zero-order valence-electron chi connectivity index (χ0n) is 14.3. The average molecular weight is 355 g/mol. The summed E-state index contributed by atoms with van der Waals surface area (Å²) in [5.41, 5.74) is 5.79. The molecule has 0 bridgehead atoms. The maximum absolute atomic E-state index is 12.4. The van der Waals surface area contributed by atoms with Gasteiger partial charge in [0.2, 0.25) is 11.8 Å². The van der Waals surface area contributed by atoms with Gasteiger partial charge in [0.05, 0.1) is 16.6 Å². The Morgan fingerprint density at radius 3 is 2.64 bits per heavy atom. The third-order valence-electron chi connectivity index (χ3n) is 4.00. The molecule has 2 N–H and O–H groups in total. The number of hydrazine groups is 1. The second-order valence-electron chi connectivity index (χ2n) is 5.91. The van der Waals surface area contributed by atoms with Crippen LogP contribution in [0.25, 0.3) is 0 Å². The van der Waals surface area contributed by atoms with Gasteiger partial charge >= 0.3 is 0 Å². The minimum Gasteiger partial charge on any atom is -0.324 e. The van der Waals surface area contributed by atoms with Gasteiger partial charge in [-0.15, -0.1) is 11.8 Å². The molecule has 1 heterocycles. The molecule has 0 radical (unpaired) electrons. The van der Waals surface area contributed by atoms with Gasteiger partial charge in [-0.3, -0.25) is 20.0 Å². The molecule has 0 aromatic heterocycles. The Balaban J connectivity index is 1.64. The highest BCUT2D eigenvalue weighted by atomic mass is 32.2. The third kappa shape index (κ3) is 4.14. The van der Waals surface area contributed by atoms with Crippen LogP contribution in [0.15, 0.2) is 53.4 Å². The van der Waals surface area contributed by atoms with E-state index in [4.69, 9.17) is 0 Å². The number of hydrogen-bond donors (Lipinski definition) is 2. The van der Waals surface area contributed by atoms with Gasteiger partial charge in [0.25, 0.3) is 0 Å². The quantitative estimate of drug-likeness (QED) is 0.808. The molecular formula is C19H21N3O2S. The lowest BCUT2D eigenvalue weighted by Crippen LogP contribution is -2.44. The lowest BCUT2D eigenvalue weighted by molar-refractivity contribution is -0.124. The van der Waals surface area contributed by atoms with Crippen molar-refractivity contribution >= 4 is 35.0 Å². The molecule has 25 heavy (non-hydrogen) atoms. The van der Waals surface area contributed by atoms with Gasteiger partial charge in [-0.05, 0) is 38.1 Å². The van der Waals surface area contributed by atoms with Crippen molar-refractivity contribution in [2.24, 2.45) is 0 Å². The third-order valence-corrected chi connectivity index (χ3v) is 5.27. The molecular weight excluding hydrogens is 334 g/mol. The summed E-state index contributed by atoms with van der Waals surface area (Å²) < 4.78 is 0. The van der Waals surface area contributed by atoms with Crippen molar-refractivity contribution in [3.8, 4) is 0 Å². The second-order valence-corrected chi connectivity index (χ2v) is 7.16. The first-order valence-corrected chi connectivity index (χ1v) is 9.15. The van der Waals surface area contributed by atoms with Gasteiger partial charge in [-0.25, -0.2) is 0 Å². The van der Waals surface area contributed by atoms with E-state index in [0.29, 0.717) is 6.54 Å². The van der Waals surface area contributed by atoms with Crippen LogP contribution in [-0.2, 0) is 9.59 Å². The maximum Gasteiger partial charge on any atom is 0.240 e. The van der Waals surface area contributed by atoms with E-state index in [0.717, 1.165) is 16.3 Å². The lowest BCUT2D eigenvalue weighted by Gasteiger charge is -2.27. The molecule has 2 aromatic rings. The van der Waals surface area contributed by atoms with E-state index in [-0.39, 0.29) is 18.2 Å². The molecule has 0 aliphatic carbocycles. The molecule has 130 valence electrons. The molecule has 6 heteroatoms. The number of fused-ring (bicyclic) bond motifs is 1. The lowest BCUT2D eigenvalue weighted by atomic mass is 10.2. The molecule has 1 atom stereocenters. The van der Waals surface area contributed by atoms with Gasteiger partial charge in [-0.1, -0.05) is 29.8 Å². The van der Waals surface area contributed by atoms with Crippen molar-refractivity contribution < 1.29 is 9.59 Å². The van der Waals surface area contributed by atoms with Crippen molar-refractivity contribution in [2.45, 2.75) is 30.4 Å². The Labute approximate surface area is 151 Å². The summed E-state index contributed by atoms with van der Waals surface area (Å²) in [7, 11) is 0. The molecule has 3 rings (SSSR count). The van der Waals surface area contributed by atoms with Gasteiger partial charge in [0, 0.05) is 17.9 Å². The zero-order chi connectivity index (χ0) is 17.8. The fourth-order valence-electron chi connectivity index (χ4n) is 2.64. The number of hydrogen-bond acceptors (Lipinski definition) is 4. The van der Waals surface area contributed by atoms with Crippen LogP contribution >= 0.6 is 11.8 Å². The largest absolute Gasteiger partial charge is 0.324 e. The second kappa shape index (κ2) is 7.61. The molecule has 1 aliphatic rings. The molecule has 1 aliphatic heterocycles. The normalized spacial score (nSPS) is 15.9. The number of thioether (sulfide) groups is 1. The molecule has 2 amide bonds. The molecule has 0 unspecified atom stereocenters. The van der Waals surface area contributed by atoms with Crippen LogP contribution in [-0.4, -0.2) is 23.6 Å². The van der Waals surface area contributed by atoms with Crippen LogP contribution < -0.4 is 15.8 Å². The monoisotopic (exact) mass is 355 g/mol. The highest BCUT2D eigenvalue weighted by Crippen LogP contribution is 2.36. The Kier molecular flexibility index (Phi) is 5.28. The number of benzene rings is 2. The molecule has 0 spiro atoms. The number of rotatable bonds is 5. The van der Waals surface area contributed by atoms with Crippen molar-refractivity contribution in [1.82, 2.24) is 5.43 Å². The molecule has 2 aromatic carbocycles. The smallest absolute Gasteiger partial charge is 0.240 e. The SMILES string of the molecule is CCN(NC(=O)C[C@@H]1Sc2ccccc2NC1=O)c1ccc(C)cc1. The summed E-state index contributed by atoms with van der Waals surface area (Å²) in [6, 6.07) is 15.6. The minimum absolute atomic E-state index is 0.128. The van der Waals surface area contributed by atoms with Gasteiger partial charge in [0.1, 0.15) is 0 Å². The number of para-hydroxylation sites is 1. The standard InChI is InChI=1S/C19H21N3O2S/c1-3-22(14-10-8-13(2)9-11-14)21-18(23)12-17-19(24)20-15-6-4-5-7-16(15)25-17/h4-11,17H,3,12H2,1-2H3,(H,20,24)(H,21,23)/t17-/m0/s1. The van der Waals surface area contributed by atoms with E-state index in [1.807, 2.05) is 62.4 Å². The number of anilines is 2. The Morgan fingerprint density at radius 1 is 1.20 bits per heavy atom. The summed E-state index contributed by atoms with van der Waals surface area (Å²) in [5, 5.41) is 4.24. The zero-order valence-corrected chi connectivity index (χ0v) is 15.1. The van der Waals surface area contributed by atoms with Crippen molar-refractivity contribution in [3.63, 3.8) is 0 Å².